The standard InChI is InChI=1S/C28H36F2N6O/c1-20(2)33-11-8-23(9-12-33)21-3-5-22(6-4-21)24-17-26-25(7-10-32-36(26)19-24)34-13-15-35(16-14-34)28(37)31-18-27(29)30/h3-7,10,17,19-20,23,27H,8-9,11-16,18H2,1-2H3,(H,31,37). The van der Waals surface area contributed by atoms with Gasteiger partial charge in [-0.3, -0.25) is 0 Å². The summed E-state index contributed by atoms with van der Waals surface area (Å²) in [5.74, 6) is 0.626. The van der Waals surface area contributed by atoms with Crippen LogP contribution in [-0.2, 0) is 0 Å². The number of hydrogen-bond donors (Lipinski definition) is 1. The molecule has 2 amide bonds. The van der Waals surface area contributed by atoms with Crippen LogP contribution in [0.5, 0.6) is 0 Å². The number of aromatic nitrogens is 2. The van der Waals surface area contributed by atoms with E-state index in [0.29, 0.717) is 38.1 Å². The molecule has 0 radical (unpaired) electrons. The van der Waals surface area contributed by atoms with Crippen molar-refractivity contribution in [2.24, 2.45) is 0 Å². The molecule has 4 heterocycles. The number of alkyl halides is 2. The van der Waals surface area contributed by atoms with Gasteiger partial charge in [0.2, 0.25) is 0 Å². The van der Waals surface area contributed by atoms with Crippen molar-refractivity contribution < 1.29 is 13.6 Å². The van der Waals surface area contributed by atoms with Crippen molar-refractivity contribution in [1.82, 2.24) is 24.7 Å². The molecule has 37 heavy (non-hydrogen) atoms. The summed E-state index contributed by atoms with van der Waals surface area (Å²) >= 11 is 0. The summed E-state index contributed by atoms with van der Waals surface area (Å²) in [4.78, 5) is 18.5. The number of nitrogens with zero attached hydrogens (tertiary/aromatic N) is 5. The lowest BCUT2D eigenvalue weighted by Crippen LogP contribution is -2.52. The van der Waals surface area contributed by atoms with Gasteiger partial charge in [-0.05, 0) is 69.0 Å². The fraction of sp³-hybridized carbons (Fsp3) is 0.500. The highest BCUT2D eigenvalue weighted by molar-refractivity contribution is 5.80. The number of carbonyl (C=O) groups excluding carboxylic acids is 1. The summed E-state index contributed by atoms with van der Waals surface area (Å²) in [5, 5.41) is 6.81. The normalized spacial score (nSPS) is 17.8. The number of piperidine rings is 1. The summed E-state index contributed by atoms with van der Waals surface area (Å²) in [6.45, 7) is 8.49. The fourth-order valence-corrected chi connectivity index (χ4v) is 5.55. The second-order valence-corrected chi connectivity index (χ2v) is 10.4. The Morgan fingerprint density at radius 1 is 1.00 bits per heavy atom. The number of rotatable bonds is 6. The van der Waals surface area contributed by atoms with Crippen molar-refractivity contribution in [3.63, 3.8) is 0 Å². The maximum absolute atomic E-state index is 12.4. The number of likely N-dealkylation sites (tertiary alicyclic amines) is 1. The molecule has 198 valence electrons. The SMILES string of the molecule is CC(C)N1CCC(c2ccc(-c3cc4c(N5CCN(C(=O)NCC(F)F)CC5)ccnn4c3)cc2)CC1. The first-order valence-corrected chi connectivity index (χ1v) is 13.3. The maximum atomic E-state index is 12.4. The van der Waals surface area contributed by atoms with Crippen molar-refractivity contribution in [3.05, 3.63) is 54.4 Å². The van der Waals surface area contributed by atoms with E-state index in [9.17, 15) is 13.6 Å². The van der Waals surface area contributed by atoms with E-state index in [4.69, 9.17) is 0 Å². The van der Waals surface area contributed by atoms with E-state index in [-0.39, 0.29) is 0 Å². The van der Waals surface area contributed by atoms with Gasteiger partial charge in [0.1, 0.15) is 0 Å². The molecule has 2 saturated heterocycles. The zero-order valence-corrected chi connectivity index (χ0v) is 21.6. The minimum Gasteiger partial charge on any atom is -0.366 e. The third-order valence-corrected chi connectivity index (χ3v) is 7.78. The predicted molar refractivity (Wildman–Crippen MR) is 143 cm³/mol. The van der Waals surface area contributed by atoms with Crippen LogP contribution in [0.25, 0.3) is 16.6 Å². The van der Waals surface area contributed by atoms with Crippen molar-refractivity contribution in [1.29, 1.82) is 0 Å². The largest absolute Gasteiger partial charge is 0.366 e. The fourth-order valence-electron chi connectivity index (χ4n) is 5.55. The van der Waals surface area contributed by atoms with Crippen LogP contribution in [0, 0.1) is 0 Å². The Bertz CT molecular complexity index is 1200. The second-order valence-electron chi connectivity index (χ2n) is 10.4. The minimum absolute atomic E-state index is 0.432. The van der Waals surface area contributed by atoms with Crippen LogP contribution in [0.4, 0.5) is 19.3 Å². The molecule has 0 atom stereocenters. The van der Waals surface area contributed by atoms with Gasteiger partial charge in [0.15, 0.2) is 0 Å². The molecular formula is C28H36F2N6O. The number of piperazine rings is 1. The van der Waals surface area contributed by atoms with E-state index in [0.717, 1.165) is 29.9 Å². The first-order valence-electron chi connectivity index (χ1n) is 13.3. The summed E-state index contributed by atoms with van der Waals surface area (Å²) in [5.41, 5.74) is 5.78. The molecule has 2 aliphatic heterocycles. The van der Waals surface area contributed by atoms with Crippen LogP contribution in [0.1, 0.15) is 38.2 Å². The van der Waals surface area contributed by atoms with Gasteiger partial charge >= 0.3 is 6.03 Å². The van der Waals surface area contributed by atoms with E-state index < -0.39 is 19.0 Å². The highest BCUT2D eigenvalue weighted by Crippen LogP contribution is 2.32. The number of halogens is 2. The summed E-state index contributed by atoms with van der Waals surface area (Å²) < 4.78 is 26.7. The Balaban J connectivity index is 1.26. The number of anilines is 1. The number of hydrogen-bond acceptors (Lipinski definition) is 4. The van der Waals surface area contributed by atoms with Crippen molar-refractivity contribution in [2.45, 2.75) is 45.1 Å². The zero-order valence-electron chi connectivity index (χ0n) is 21.6. The molecule has 0 aliphatic carbocycles. The van der Waals surface area contributed by atoms with Gasteiger partial charge in [-0.25, -0.2) is 18.1 Å². The smallest absolute Gasteiger partial charge is 0.317 e. The van der Waals surface area contributed by atoms with Crippen molar-refractivity contribution >= 4 is 17.2 Å². The molecule has 0 bridgehead atoms. The molecule has 1 aromatic carbocycles. The van der Waals surface area contributed by atoms with Crippen molar-refractivity contribution in [3.8, 4) is 11.1 Å². The molecule has 2 aliphatic rings. The number of fused-ring (bicyclic) bond motifs is 1. The van der Waals surface area contributed by atoms with Gasteiger partial charge in [0.05, 0.1) is 17.7 Å². The van der Waals surface area contributed by atoms with Gasteiger partial charge in [0, 0.05) is 50.2 Å². The maximum Gasteiger partial charge on any atom is 0.317 e. The van der Waals surface area contributed by atoms with E-state index in [1.54, 1.807) is 11.1 Å². The van der Waals surface area contributed by atoms with E-state index in [1.165, 1.54) is 24.0 Å². The van der Waals surface area contributed by atoms with Gasteiger partial charge in [-0.1, -0.05) is 24.3 Å². The topological polar surface area (TPSA) is 56.1 Å². The van der Waals surface area contributed by atoms with Crippen LogP contribution >= 0.6 is 0 Å². The summed E-state index contributed by atoms with van der Waals surface area (Å²) in [6.07, 6.45) is 3.73. The third-order valence-electron chi connectivity index (χ3n) is 7.78. The number of benzene rings is 1. The highest BCUT2D eigenvalue weighted by atomic mass is 19.3. The Morgan fingerprint density at radius 3 is 2.35 bits per heavy atom. The first-order chi connectivity index (χ1) is 17.9. The lowest BCUT2D eigenvalue weighted by Gasteiger charge is -2.36. The van der Waals surface area contributed by atoms with Crippen LogP contribution < -0.4 is 10.2 Å². The predicted octanol–water partition coefficient (Wildman–Crippen LogP) is 4.69. The zero-order chi connectivity index (χ0) is 25.9. The molecule has 7 nitrogen and oxygen atoms in total. The quantitative estimate of drug-likeness (QED) is 0.523. The first kappa shape index (κ1) is 25.4. The van der Waals surface area contributed by atoms with E-state index in [2.05, 4.69) is 70.6 Å². The van der Waals surface area contributed by atoms with Crippen LogP contribution in [-0.4, -0.2) is 83.7 Å². The molecular weight excluding hydrogens is 474 g/mol. The molecule has 3 aromatic rings. The van der Waals surface area contributed by atoms with Gasteiger partial charge in [0.25, 0.3) is 6.43 Å². The Labute approximate surface area is 217 Å². The van der Waals surface area contributed by atoms with Crippen LogP contribution in [0.3, 0.4) is 0 Å². The Morgan fingerprint density at radius 2 is 1.70 bits per heavy atom. The average Bonchev–Trinajstić information content (AvgIpc) is 3.36. The van der Waals surface area contributed by atoms with Crippen LogP contribution in [0.15, 0.2) is 48.8 Å². The van der Waals surface area contributed by atoms with Crippen molar-refractivity contribution in [2.75, 3.05) is 50.7 Å². The Kier molecular flexibility index (Phi) is 7.60. The second kappa shape index (κ2) is 11.0. The number of amides is 2. The monoisotopic (exact) mass is 510 g/mol. The summed E-state index contributed by atoms with van der Waals surface area (Å²) in [6, 6.07) is 13.3. The third kappa shape index (κ3) is 5.71. The molecule has 0 saturated carbocycles. The van der Waals surface area contributed by atoms with E-state index >= 15 is 0 Å². The number of urea groups is 1. The summed E-state index contributed by atoms with van der Waals surface area (Å²) in [7, 11) is 0. The molecule has 1 N–H and O–H groups in total. The highest BCUT2D eigenvalue weighted by Gasteiger charge is 2.24. The molecule has 0 spiro atoms. The van der Waals surface area contributed by atoms with Gasteiger partial charge < -0.3 is 20.0 Å². The molecule has 9 heteroatoms. The number of nitrogens with one attached hydrogen (secondary N) is 1. The molecule has 2 fully saturated rings. The molecule has 2 aromatic heterocycles. The van der Waals surface area contributed by atoms with Crippen LogP contribution in [0.2, 0.25) is 0 Å². The van der Waals surface area contributed by atoms with Gasteiger partial charge in [-0.15, -0.1) is 0 Å². The number of carbonyl (C=O) groups is 1. The van der Waals surface area contributed by atoms with Gasteiger partial charge in [-0.2, -0.15) is 5.10 Å². The lowest BCUT2D eigenvalue weighted by molar-refractivity contribution is 0.139. The Hall–Kier alpha value is -3.20. The molecule has 5 rings (SSSR count). The minimum atomic E-state index is -2.54. The van der Waals surface area contributed by atoms with E-state index in [1.807, 2.05) is 10.6 Å². The lowest BCUT2D eigenvalue weighted by atomic mass is 9.88. The molecule has 0 unspecified atom stereocenters. The average molecular weight is 511 g/mol.